The maximum absolute atomic E-state index is 14.3. The monoisotopic (exact) mass is 520 g/mol. The molecule has 0 aromatic carbocycles. The number of allylic oxidation sites excluding steroid dienone is 2. The molecule has 0 aliphatic carbocycles. The summed E-state index contributed by atoms with van der Waals surface area (Å²) in [5.41, 5.74) is -0.443. The van der Waals surface area contributed by atoms with Crippen LogP contribution in [0, 0.1) is 5.82 Å². The highest BCUT2D eigenvalue weighted by Gasteiger charge is 2.28. The summed E-state index contributed by atoms with van der Waals surface area (Å²) in [4.78, 5) is 55.2. The molecule has 1 aliphatic heterocycles. The highest BCUT2D eigenvalue weighted by molar-refractivity contribution is 7.80. The fourth-order valence-electron chi connectivity index (χ4n) is 3.41. The van der Waals surface area contributed by atoms with Crippen molar-refractivity contribution in [3.63, 3.8) is 0 Å². The molecule has 2 atom stereocenters. The molecule has 3 amide bonds. The SMILES string of the molecule is C/C=C1\NC(=O)c2nc(ccc2F)CNC(=O)C[C@@H](/C=C/CCS)OC(=O)[C@H](CCCCC)NC1=O. The Morgan fingerprint density at radius 2 is 1.97 bits per heavy atom. The number of cyclic esters (lactones) is 1. The lowest BCUT2D eigenvalue weighted by Crippen LogP contribution is -2.46. The van der Waals surface area contributed by atoms with Crippen molar-refractivity contribution in [3.05, 3.63) is 53.3 Å². The predicted molar refractivity (Wildman–Crippen MR) is 135 cm³/mol. The zero-order chi connectivity index (χ0) is 26.5. The van der Waals surface area contributed by atoms with Crippen molar-refractivity contribution in [3.8, 4) is 0 Å². The fourth-order valence-corrected chi connectivity index (χ4v) is 3.56. The van der Waals surface area contributed by atoms with Gasteiger partial charge in [-0.2, -0.15) is 12.6 Å². The van der Waals surface area contributed by atoms with Gasteiger partial charge < -0.3 is 20.7 Å². The first-order valence-electron chi connectivity index (χ1n) is 12.0. The summed E-state index contributed by atoms with van der Waals surface area (Å²) in [5, 5.41) is 7.60. The van der Waals surface area contributed by atoms with E-state index < -0.39 is 47.3 Å². The second-order valence-corrected chi connectivity index (χ2v) is 8.66. The number of nitrogens with one attached hydrogen (secondary N) is 3. The molecule has 2 heterocycles. The molecule has 0 fully saturated rings. The van der Waals surface area contributed by atoms with E-state index in [0.717, 1.165) is 18.9 Å². The highest BCUT2D eigenvalue weighted by atomic mass is 32.1. The average Bonchev–Trinajstić information content (AvgIpc) is 2.85. The van der Waals surface area contributed by atoms with Gasteiger partial charge in [-0.15, -0.1) is 0 Å². The third kappa shape index (κ3) is 9.10. The first kappa shape index (κ1) is 29.0. The molecule has 0 spiro atoms. The lowest BCUT2D eigenvalue weighted by Gasteiger charge is -2.22. The average molecular weight is 521 g/mol. The number of ether oxygens (including phenoxy) is 1. The lowest BCUT2D eigenvalue weighted by atomic mass is 10.1. The number of hydrogen-bond acceptors (Lipinski definition) is 7. The van der Waals surface area contributed by atoms with Gasteiger partial charge in [0.25, 0.3) is 11.8 Å². The van der Waals surface area contributed by atoms with E-state index in [2.05, 4.69) is 33.6 Å². The molecule has 0 saturated carbocycles. The normalized spacial score (nSPS) is 21.2. The van der Waals surface area contributed by atoms with E-state index in [4.69, 9.17) is 4.74 Å². The Morgan fingerprint density at radius 1 is 1.19 bits per heavy atom. The number of esters is 1. The zero-order valence-electron chi connectivity index (χ0n) is 20.5. The molecule has 2 bridgehead atoms. The summed E-state index contributed by atoms with van der Waals surface area (Å²) in [6.07, 6.45) is 7.00. The quantitative estimate of drug-likeness (QED) is 0.144. The van der Waals surface area contributed by atoms with Gasteiger partial charge in [0.05, 0.1) is 18.7 Å². The molecule has 2 rings (SSSR count). The molecule has 3 N–H and O–H groups in total. The summed E-state index contributed by atoms with van der Waals surface area (Å²) in [6.45, 7) is 3.46. The van der Waals surface area contributed by atoms with Crippen LogP contribution in [0.15, 0.2) is 36.1 Å². The maximum atomic E-state index is 14.3. The van der Waals surface area contributed by atoms with Crippen LogP contribution in [-0.4, -0.2) is 46.6 Å². The Morgan fingerprint density at radius 3 is 2.67 bits per heavy atom. The first-order valence-corrected chi connectivity index (χ1v) is 12.6. The Bertz CT molecular complexity index is 1010. The topological polar surface area (TPSA) is 126 Å². The van der Waals surface area contributed by atoms with Crippen molar-refractivity contribution in [2.24, 2.45) is 0 Å². The number of amides is 3. The van der Waals surface area contributed by atoms with Crippen LogP contribution in [0.25, 0.3) is 0 Å². The Hall–Kier alpha value is -3.21. The predicted octanol–water partition coefficient (Wildman–Crippen LogP) is 2.73. The van der Waals surface area contributed by atoms with Crippen molar-refractivity contribution in [2.45, 2.75) is 71.1 Å². The van der Waals surface area contributed by atoms with Gasteiger partial charge in [0.1, 0.15) is 17.8 Å². The van der Waals surface area contributed by atoms with Gasteiger partial charge in [-0.1, -0.05) is 38.3 Å². The first-order chi connectivity index (χ1) is 17.3. The number of pyridine rings is 1. The minimum Gasteiger partial charge on any atom is -0.456 e. The van der Waals surface area contributed by atoms with Crippen molar-refractivity contribution in [1.29, 1.82) is 0 Å². The second kappa shape index (κ2) is 15.0. The van der Waals surface area contributed by atoms with Gasteiger partial charge in [0, 0.05) is 0 Å². The number of halogens is 1. The molecule has 1 aromatic heterocycles. The van der Waals surface area contributed by atoms with Gasteiger partial charge in [-0.3, -0.25) is 14.4 Å². The molecular weight excluding hydrogens is 487 g/mol. The molecule has 1 aromatic rings. The van der Waals surface area contributed by atoms with E-state index in [0.29, 0.717) is 25.0 Å². The minimum absolute atomic E-state index is 0.0724. The van der Waals surface area contributed by atoms with Crippen LogP contribution in [0.5, 0.6) is 0 Å². The summed E-state index contributed by atoms with van der Waals surface area (Å²) < 4.78 is 19.9. The summed E-state index contributed by atoms with van der Waals surface area (Å²) in [7, 11) is 0. The number of fused-ring (bicyclic) bond motifs is 2. The number of unbranched alkanes of at least 4 members (excludes halogenated alkanes) is 2. The number of thiol groups is 1. The fraction of sp³-hybridized carbons (Fsp3) is 0.480. The molecule has 11 heteroatoms. The van der Waals surface area contributed by atoms with Crippen molar-refractivity contribution >= 4 is 36.3 Å². The van der Waals surface area contributed by atoms with Crippen molar-refractivity contribution < 1.29 is 28.3 Å². The van der Waals surface area contributed by atoms with Gasteiger partial charge in [0.15, 0.2) is 11.5 Å². The van der Waals surface area contributed by atoms with E-state index in [-0.39, 0.29) is 24.4 Å². The number of hydrogen-bond donors (Lipinski definition) is 4. The molecule has 9 nitrogen and oxygen atoms in total. The summed E-state index contributed by atoms with van der Waals surface area (Å²) in [5.74, 6) is -3.09. The minimum atomic E-state index is -1.01. The van der Waals surface area contributed by atoms with Crippen LogP contribution in [0.4, 0.5) is 4.39 Å². The highest BCUT2D eigenvalue weighted by Crippen LogP contribution is 2.12. The molecule has 1 aliphatic rings. The maximum Gasteiger partial charge on any atom is 0.329 e. The van der Waals surface area contributed by atoms with E-state index in [9.17, 15) is 23.6 Å². The van der Waals surface area contributed by atoms with E-state index in [1.807, 2.05) is 6.92 Å². The number of carbonyl (C=O) groups excluding carboxylic acids is 4. The Balaban J connectivity index is 2.41. The van der Waals surface area contributed by atoms with Crippen LogP contribution >= 0.6 is 12.6 Å². The molecule has 0 unspecified atom stereocenters. The molecule has 0 radical (unpaired) electrons. The Kier molecular flexibility index (Phi) is 12.1. The molecular formula is C25H33FN4O5S. The number of rotatable bonds is 7. The smallest absolute Gasteiger partial charge is 0.329 e. The second-order valence-electron chi connectivity index (χ2n) is 8.21. The van der Waals surface area contributed by atoms with Crippen LogP contribution in [0.1, 0.15) is 68.6 Å². The molecule has 36 heavy (non-hydrogen) atoms. The number of aromatic nitrogens is 1. The molecule has 0 saturated heterocycles. The third-order valence-electron chi connectivity index (χ3n) is 5.35. The van der Waals surface area contributed by atoms with Crippen molar-refractivity contribution in [1.82, 2.24) is 20.9 Å². The van der Waals surface area contributed by atoms with Gasteiger partial charge in [-0.05, 0) is 43.7 Å². The summed E-state index contributed by atoms with van der Waals surface area (Å²) in [6, 6.07) is 1.39. The van der Waals surface area contributed by atoms with Crippen LogP contribution < -0.4 is 16.0 Å². The Labute approximate surface area is 215 Å². The number of nitrogens with zero attached hydrogens (tertiary/aromatic N) is 1. The largest absolute Gasteiger partial charge is 0.456 e. The lowest BCUT2D eigenvalue weighted by molar-refractivity contribution is -0.152. The van der Waals surface area contributed by atoms with Gasteiger partial charge >= 0.3 is 5.97 Å². The van der Waals surface area contributed by atoms with E-state index in [1.165, 1.54) is 19.1 Å². The van der Waals surface area contributed by atoms with Gasteiger partial charge in [-0.25, -0.2) is 14.2 Å². The number of carbonyl (C=O) groups is 4. The van der Waals surface area contributed by atoms with Crippen LogP contribution in [0.3, 0.4) is 0 Å². The molecule has 196 valence electrons. The van der Waals surface area contributed by atoms with E-state index in [1.54, 1.807) is 12.2 Å². The standard InChI is InChI=1S/C25H33FN4O5S/c1-3-5-6-10-20-25(34)35-17(9-7-8-13-36)14-21(31)27-15-16-11-12-18(26)22(28-16)24(33)29-19(4-2)23(32)30-20/h4,7,9,11-12,17,20,36H,3,5-6,8,10,13-15H2,1-2H3,(H,27,31)(H,29,33)(H,30,32)/b9-7+,19-4-/t17-,20+/m1/s1. The summed E-state index contributed by atoms with van der Waals surface area (Å²) >= 11 is 4.16. The van der Waals surface area contributed by atoms with E-state index >= 15 is 0 Å². The van der Waals surface area contributed by atoms with Crippen LogP contribution in [0.2, 0.25) is 0 Å². The van der Waals surface area contributed by atoms with Crippen LogP contribution in [-0.2, 0) is 25.7 Å². The third-order valence-corrected chi connectivity index (χ3v) is 5.61. The van der Waals surface area contributed by atoms with Gasteiger partial charge in [0.2, 0.25) is 5.91 Å². The zero-order valence-corrected chi connectivity index (χ0v) is 21.4. The van der Waals surface area contributed by atoms with Crippen molar-refractivity contribution in [2.75, 3.05) is 5.75 Å².